The van der Waals surface area contributed by atoms with Gasteiger partial charge in [-0.05, 0) is 65.4 Å². The molecule has 0 saturated carbocycles. The van der Waals surface area contributed by atoms with Gasteiger partial charge in [0.15, 0.2) is 16.3 Å². The molecule has 0 radical (unpaired) electrons. The average molecular weight is 497 g/mol. The molecule has 6 rings (SSSR count). The minimum absolute atomic E-state index is 0.0574. The number of aryl methyl sites for hydroxylation is 1. The van der Waals surface area contributed by atoms with E-state index in [1.807, 2.05) is 41.0 Å². The van der Waals surface area contributed by atoms with Crippen LogP contribution in [0.25, 0.3) is 11.8 Å². The Kier molecular flexibility index (Phi) is 5.49. The first-order valence-electron chi connectivity index (χ1n) is 11.7. The fraction of sp³-hybridized carbons (Fsp3) is 0.172. The number of thiazole rings is 1. The van der Waals surface area contributed by atoms with Gasteiger partial charge in [-0.3, -0.25) is 9.36 Å². The van der Waals surface area contributed by atoms with Gasteiger partial charge in [-0.2, -0.15) is 0 Å². The van der Waals surface area contributed by atoms with Gasteiger partial charge in [-0.1, -0.05) is 53.8 Å². The van der Waals surface area contributed by atoms with E-state index in [1.165, 1.54) is 24.0 Å². The van der Waals surface area contributed by atoms with E-state index in [0.717, 1.165) is 46.6 Å². The Labute approximate surface area is 211 Å². The van der Waals surface area contributed by atoms with E-state index >= 15 is 0 Å². The molecule has 2 aliphatic rings. The number of methoxy groups -OCH3 is 2. The largest absolute Gasteiger partial charge is 0.504 e. The first kappa shape index (κ1) is 22.4. The van der Waals surface area contributed by atoms with Gasteiger partial charge < -0.3 is 14.6 Å². The van der Waals surface area contributed by atoms with Crippen molar-refractivity contribution in [3.8, 4) is 17.2 Å². The van der Waals surface area contributed by atoms with Crippen molar-refractivity contribution in [2.45, 2.75) is 18.9 Å². The van der Waals surface area contributed by atoms with Gasteiger partial charge in [0, 0.05) is 5.56 Å². The van der Waals surface area contributed by atoms with Crippen molar-refractivity contribution in [3.63, 3.8) is 0 Å². The van der Waals surface area contributed by atoms with Crippen molar-refractivity contribution >= 4 is 23.1 Å². The summed E-state index contributed by atoms with van der Waals surface area (Å²) >= 11 is 1.38. The van der Waals surface area contributed by atoms with Gasteiger partial charge in [-0.25, -0.2) is 4.99 Å². The van der Waals surface area contributed by atoms with E-state index in [0.29, 0.717) is 15.1 Å². The van der Waals surface area contributed by atoms with Gasteiger partial charge in [0.25, 0.3) is 5.56 Å². The minimum Gasteiger partial charge on any atom is -0.504 e. The zero-order valence-electron chi connectivity index (χ0n) is 19.9. The summed E-state index contributed by atoms with van der Waals surface area (Å²) in [4.78, 5) is 19.5. The van der Waals surface area contributed by atoms with E-state index in [-0.39, 0.29) is 17.4 Å². The fourth-order valence-electron chi connectivity index (χ4n) is 5.04. The second-order valence-corrected chi connectivity index (χ2v) is 9.83. The van der Waals surface area contributed by atoms with Crippen LogP contribution >= 0.6 is 11.3 Å². The van der Waals surface area contributed by atoms with E-state index < -0.39 is 0 Å². The molecule has 2 heterocycles. The van der Waals surface area contributed by atoms with E-state index in [9.17, 15) is 9.90 Å². The number of hydrogen-bond acceptors (Lipinski definition) is 6. The number of ether oxygens (including phenoxy) is 2. The van der Waals surface area contributed by atoms with Crippen molar-refractivity contribution in [1.82, 2.24) is 4.57 Å². The molecule has 0 amide bonds. The molecular weight excluding hydrogens is 472 g/mol. The number of aromatic hydroxyl groups is 1. The molecule has 0 unspecified atom stereocenters. The van der Waals surface area contributed by atoms with Crippen LogP contribution in [0, 0.1) is 0 Å². The van der Waals surface area contributed by atoms with Crippen molar-refractivity contribution in [3.05, 3.63) is 114 Å². The van der Waals surface area contributed by atoms with Crippen LogP contribution in [-0.4, -0.2) is 23.9 Å². The molecule has 6 nitrogen and oxygen atoms in total. The molecule has 1 aromatic heterocycles. The Balaban J connectivity index is 1.59. The Bertz CT molecular complexity index is 1700. The third kappa shape index (κ3) is 3.63. The third-order valence-corrected chi connectivity index (χ3v) is 7.79. The number of hydrogen-bond donors (Lipinski definition) is 1. The Morgan fingerprint density at radius 3 is 2.61 bits per heavy atom. The molecule has 1 aliphatic carbocycles. The fourth-order valence-corrected chi connectivity index (χ4v) is 6.04. The summed E-state index contributed by atoms with van der Waals surface area (Å²) in [5, 5.41) is 9.95. The van der Waals surface area contributed by atoms with Crippen molar-refractivity contribution in [1.29, 1.82) is 0 Å². The third-order valence-electron chi connectivity index (χ3n) is 6.81. The number of phenols is 1. The Hall–Kier alpha value is -4.10. The number of fused-ring (bicyclic) bond motifs is 3. The smallest absolute Gasteiger partial charge is 0.271 e. The van der Waals surface area contributed by atoms with E-state index in [2.05, 4.69) is 18.2 Å². The maximum Gasteiger partial charge on any atom is 0.271 e. The van der Waals surface area contributed by atoms with Crippen LogP contribution in [0.5, 0.6) is 17.2 Å². The van der Waals surface area contributed by atoms with Crippen LogP contribution in [0.15, 0.2) is 82.1 Å². The molecule has 36 heavy (non-hydrogen) atoms. The van der Waals surface area contributed by atoms with Gasteiger partial charge in [0.1, 0.15) is 5.75 Å². The molecule has 4 aromatic rings. The molecular formula is C29H24N2O4S. The lowest BCUT2D eigenvalue weighted by Gasteiger charge is -2.30. The van der Waals surface area contributed by atoms with Gasteiger partial charge in [0.05, 0.1) is 30.5 Å². The topological polar surface area (TPSA) is 73.1 Å². The predicted octanol–water partition coefficient (Wildman–Crippen LogP) is 4.04. The first-order chi connectivity index (χ1) is 17.6. The molecule has 7 heteroatoms. The summed E-state index contributed by atoms with van der Waals surface area (Å²) in [6, 6.07) is 21.1. The predicted molar refractivity (Wildman–Crippen MR) is 140 cm³/mol. The maximum absolute atomic E-state index is 13.8. The van der Waals surface area contributed by atoms with Crippen molar-refractivity contribution in [2.24, 2.45) is 4.99 Å². The van der Waals surface area contributed by atoms with Gasteiger partial charge >= 0.3 is 0 Å². The van der Waals surface area contributed by atoms with Gasteiger partial charge in [-0.15, -0.1) is 0 Å². The van der Waals surface area contributed by atoms with E-state index in [1.54, 1.807) is 25.3 Å². The monoisotopic (exact) mass is 496 g/mol. The van der Waals surface area contributed by atoms with Crippen molar-refractivity contribution < 1.29 is 14.6 Å². The number of allylic oxidation sites excluding steroid dienone is 1. The minimum atomic E-state index is -0.244. The Morgan fingerprint density at radius 1 is 1.03 bits per heavy atom. The lowest BCUT2D eigenvalue weighted by Crippen LogP contribution is -2.38. The summed E-state index contributed by atoms with van der Waals surface area (Å²) in [6.07, 6.45) is 3.58. The highest BCUT2D eigenvalue weighted by molar-refractivity contribution is 7.07. The van der Waals surface area contributed by atoms with Crippen LogP contribution in [0.1, 0.15) is 34.7 Å². The molecule has 1 atom stereocenters. The first-order valence-corrected chi connectivity index (χ1v) is 12.5. The summed E-state index contributed by atoms with van der Waals surface area (Å²) in [5.74, 6) is 1.19. The number of nitrogens with zero attached hydrogens (tertiary/aromatic N) is 2. The number of aromatic nitrogens is 1. The lowest BCUT2D eigenvalue weighted by atomic mass is 9.83. The zero-order valence-corrected chi connectivity index (χ0v) is 20.7. The quantitative estimate of drug-likeness (QED) is 0.463. The highest BCUT2D eigenvalue weighted by Crippen LogP contribution is 2.41. The Morgan fingerprint density at radius 2 is 1.83 bits per heavy atom. The molecule has 3 aromatic carbocycles. The average Bonchev–Trinajstić information content (AvgIpc) is 3.22. The SMILES string of the molecule is COc1ccc([C@@H]2C3=C(N=c4s/c(=C\c5ccc(O)c(OC)c5)c(=O)n42)c2ccccc2CC3)cc1. The molecule has 1 N–H and O–H groups in total. The molecule has 0 fully saturated rings. The van der Waals surface area contributed by atoms with E-state index in [4.69, 9.17) is 14.5 Å². The maximum atomic E-state index is 13.8. The molecule has 1 aliphatic heterocycles. The van der Waals surface area contributed by atoms with Crippen LogP contribution in [-0.2, 0) is 6.42 Å². The highest BCUT2D eigenvalue weighted by Gasteiger charge is 2.32. The standard InChI is InChI=1S/C29H24N2O4S/c1-34-20-11-8-19(9-12-20)27-22-13-10-18-5-3-4-6-21(18)26(22)30-29-31(27)28(33)25(36-29)16-17-7-14-23(32)24(15-17)35-2/h3-9,11-12,14-16,27,32H,10,13H2,1-2H3/b25-16-/t27-/m1/s1. The zero-order chi connectivity index (χ0) is 24.8. The summed E-state index contributed by atoms with van der Waals surface area (Å²) in [6.45, 7) is 0. The normalized spacial score (nSPS) is 16.6. The molecule has 0 saturated heterocycles. The number of benzene rings is 3. The summed E-state index contributed by atoms with van der Waals surface area (Å²) in [7, 11) is 3.15. The highest BCUT2D eigenvalue weighted by atomic mass is 32.1. The molecule has 0 bridgehead atoms. The van der Waals surface area contributed by atoms with Gasteiger partial charge in [0.2, 0.25) is 0 Å². The molecule has 180 valence electrons. The van der Waals surface area contributed by atoms with Crippen LogP contribution in [0.3, 0.4) is 0 Å². The summed E-state index contributed by atoms with van der Waals surface area (Å²) < 4.78 is 13.0. The molecule has 0 spiro atoms. The lowest BCUT2D eigenvalue weighted by molar-refractivity contribution is 0.373. The van der Waals surface area contributed by atoms with Crippen LogP contribution in [0.2, 0.25) is 0 Å². The number of rotatable bonds is 4. The second kappa shape index (κ2) is 8.84. The second-order valence-electron chi connectivity index (χ2n) is 8.82. The van der Waals surface area contributed by atoms with Crippen molar-refractivity contribution in [2.75, 3.05) is 14.2 Å². The number of phenolic OH excluding ortho intramolecular Hbond substituents is 1. The summed E-state index contributed by atoms with van der Waals surface area (Å²) in [5.41, 5.74) is 6.25. The van der Waals surface area contributed by atoms with Crippen LogP contribution < -0.4 is 24.4 Å². The van der Waals surface area contributed by atoms with Crippen LogP contribution in [0.4, 0.5) is 0 Å².